The normalized spacial score (nSPS) is 15.1. The van der Waals surface area contributed by atoms with E-state index in [-0.39, 0.29) is 18.4 Å². The Kier molecular flexibility index (Phi) is 4.38. The van der Waals surface area contributed by atoms with Crippen LogP contribution in [0.4, 0.5) is 5.69 Å². The minimum absolute atomic E-state index is 0.0658. The Balaban J connectivity index is 1.72. The van der Waals surface area contributed by atoms with Crippen molar-refractivity contribution in [1.29, 1.82) is 0 Å². The summed E-state index contributed by atoms with van der Waals surface area (Å²) in [6, 6.07) is 7.84. The Morgan fingerprint density at radius 3 is 2.65 bits per heavy atom. The topological polar surface area (TPSA) is 66.4 Å². The van der Waals surface area contributed by atoms with Gasteiger partial charge >= 0.3 is 0 Å². The summed E-state index contributed by atoms with van der Waals surface area (Å²) in [6.07, 6.45) is 0.662. The van der Waals surface area contributed by atoms with Crippen LogP contribution in [0.15, 0.2) is 24.3 Å². The highest BCUT2D eigenvalue weighted by Crippen LogP contribution is 2.20. The van der Waals surface area contributed by atoms with Gasteiger partial charge in [0.15, 0.2) is 0 Å². The fraction of sp³-hybridized carbons (Fsp3) is 0.375. The van der Waals surface area contributed by atoms with Crippen molar-refractivity contribution in [3.63, 3.8) is 0 Å². The van der Waals surface area contributed by atoms with E-state index in [4.69, 9.17) is 0 Å². The van der Waals surface area contributed by atoms with E-state index < -0.39 is 0 Å². The largest absolute Gasteiger partial charge is 0.327 e. The molecule has 0 aliphatic carbocycles. The van der Waals surface area contributed by atoms with Gasteiger partial charge in [-0.15, -0.1) is 5.10 Å². The zero-order valence-corrected chi connectivity index (χ0v) is 14.0. The van der Waals surface area contributed by atoms with Gasteiger partial charge in [-0.3, -0.25) is 9.59 Å². The van der Waals surface area contributed by atoms with E-state index in [0.717, 1.165) is 22.8 Å². The SMILES string of the molecule is CCc1nnsc1C(=O)N1CCN(c2ccc(C)cc2)C(=O)C1. The lowest BCUT2D eigenvalue weighted by molar-refractivity contribution is -0.120. The molecule has 1 fully saturated rings. The molecule has 1 saturated heterocycles. The second kappa shape index (κ2) is 6.45. The molecule has 2 amide bonds. The summed E-state index contributed by atoms with van der Waals surface area (Å²) in [6.45, 7) is 5.05. The quantitative estimate of drug-likeness (QED) is 0.862. The second-order valence-corrected chi connectivity index (χ2v) is 6.26. The van der Waals surface area contributed by atoms with E-state index in [1.165, 1.54) is 0 Å². The third kappa shape index (κ3) is 3.10. The van der Waals surface area contributed by atoms with Gasteiger partial charge in [-0.05, 0) is 37.0 Å². The Hall–Kier alpha value is -2.28. The van der Waals surface area contributed by atoms with Crippen molar-refractivity contribution in [3.8, 4) is 0 Å². The summed E-state index contributed by atoms with van der Waals surface area (Å²) < 4.78 is 3.85. The monoisotopic (exact) mass is 330 g/mol. The molecular formula is C16H18N4O2S. The molecule has 6 nitrogen and oxygen atoms in total. The predicted molar refractivity (Wildman–Crippen MR) is 88.7 cm³/mol. The molecule has 1 aliphatic heterocycles. The summed E-state index contributed by atoms with van der Waals surface area (Å²) in [5.41, 5.74) is 2.73. The fourth-order valence-corrected chi connectivity index (χ4v) is 3.31. The Bertz CT molecular complexity index is 726. The van der Waals surface area contributed by atoms with Gasteiger partial charge in [-0.1, -0.05) is 29.1 Å². The molecule has 1 aromatic carbocycles. The highest BCUT2D eigenvalue weighted by atomic mass is 32.1. The summed E-state index contributed by atoms with van der Waals surface area (Å²) in [5.74, 6) is -0.210. The number of rotatable bonds is 3. The highest BCUT2D eigenvalue weighted by Gasteiger charge is 2.30. The smallest absolute Gasteiger partial charge is 0.268 e. The Labute approximate surface area is 138 Å². The number of benzene rings is 1. The summed E-state index contributed by atoms with van der Waals surface area (Å²) in [4.78, 5) is 28.8. The number of carbonyl (C=O) groups excluding carboxylic acids is 2. The molecule has 120 valence electrons. The Morgan fingerprint density at radius 2 is 2.00 bits per heavy atom. The molecule has 1 aromatic heterocycles. The number of hydrogen-bond acceptors (Lipinski definition) is 5. The van der Waals surface area contributed by atoms with Gasteiger partial charge in [0.25, 0.3) is 5.91 Å². The van der Waals surface area contributed by atoms with Crippen LogP contribution in [0.25, 0.3) is 0 Å². The molecule has 0 radical (unpaired) electrons. The van der Waals surface area contributed by atoms with E-state index in [1.54, 1.807) is 9.80 Å². The molecule has 23 heavy (non-hydrogen) atoms. The van der Waals surface area contributed by atoms with E-state index in [0.29, 0.717) is 30.1 Å². The lowest BCUT2D eigenvalue weighted by atomic mass is 10.2. The third-order valence-electron chi connectivity index (χ3n) is 3.94. The standard InChI is InChI=1S/C16H18N4O2S/c1-3-13-15(23-18-17-13)16(22)19-8-9-20(14(21)10-19)12-6-4-11(2)5-7-12/h4-7H,3,8-10H2,1-2H3. The number of nitrogens with zero attached hydrogens (tertiary/aromatic N) is 4. The lowest BCUT2D eigenvalue weighted by Gasteiger charge is -2.34. The molecule has 0 unspecified atom stereocenters. The fourth-order valence-electron chi connectivity index (χ4n) is 2.59. The first kappa shape index (κ1) is 15.6. The van der Waals surface area contributed by atoms with Crippen molar-refractivity contribution in [2.24, 2.45) is 0 Å². The van der Waals surface area contributed by atoms with Crippen molar-refractivity contribution in [2.45, 2.75) is 20.3 Å². The number of aromatic nitrogens is 2. The number of carbonyl (C=O) groups is 2. The average Bonchev–Trinajstić information content (AvgIpc) is 3.03. The van der Waals surface area contributed by atoms with Crippen LogP contribution in [-0.4, -0.2) is 45.9 Å². The van der Waals surface area contributed by atoms with Crippen LogP contribution >= 0.6 is 11.5 Å². The summed E-state index contributed by atoms with van der Waals surface area (Å²) in [7, 11) is 0. The predicted octanol–water partition coefficient (Wildman–Crippen LogP) is 1.90. The van der Waals surface area contributed by atoms with Crippen LogP contribution < -0.4 is 4.90 Å². The first-order valence-corrected chi connectivity index (χ1v) is 8.35. The molecular weight excluding hydrogens is 312 g/mol. The number of piperazine rings is 1. The summed E-state index contributed by atoms with van der Waals surface area (Å²) >= 11 is 1.10. The van der Waals surface area contributed by atoms with Crippen LogP contribution in [0.1, 0.15) is 27.9 Å². The van der Waals surface area contributed by atoms with Crippen LogP contribution in [0, 0.1) is 6.92 Å². The zero-order valence-electron chi connectivity index (χ0n) is 13.2. The van der Waals surface area contributed by atoms with Crippen molar-refractivity contribution in [1.82, 2.24) is 14.5 Å². The van der Waals surface area contributed by atoms with Gasteiger partial charge in [0.2, 0.25) is 5.91 Å². The van der Waals surface area contributed by atoms with E-state index in [9.17, 15) is 9.59 Å². The molecule has 0 N–H and O–H groups in total. The van der Waals surface area contributed by atoms with Gasteiger partial charge in [-0.25, -0.2) is 0 Å². The highest BCUT2D eigenvalue weighted by molar-refractivity contribution is 7.08. The van der Waals surface area contributed by atoms with Crippen LogP contribution in [0.3, 0.4) is 0 Å². The van der Waals surface area contributed by atoms with Crippen LogP contribution in [-0.2, 0) is 11.2 Å². The lowest BCUT2D eigenvalue weighted by Crippen LogP contribution is -2.52. The van der Waals surface area contributed by atoms with Gasteiger partial charge in [-0.2, -0.15) is 0 Å². The zero-order chi connectivity index (χ0) is 16.4. The van der Waals surface area contributed by atoms with E-state index in [2.05, 4.69) is 9.59 Å². The number of aryl methyl sites for hydroxylation is 2. The van der Waals surface area contributed by atoms with Crippen molar-refractivity contribution < 1.29 is 9.59 Å². The van der Waals surface area contributed by atoms with Crippen LogP contribution in [0.5, 0.6) is 0 Å². The molecule has 0 spiro atoms. The molecule has 1 aliphatic rings. The summed E-state index contributed by atoms with van der Waals surface area (Å²) in [5, 5.41) is 3.97. The molecule has 0 bridgehead atoms. The van der Waals surface area contributed by atoms with E-state index in [1.807, 2.05) is 38.1 Å². The molecule has 0 atom stereocenters. The maximum Gasteiger partial charge on any atom is 0.268 e. The van der Waals surface area contributed by atoms with Crippen molar-refractivity contribution in [3.05, 3.63) is 40.4 Å². The minimum atomic E-state index is -0.145. The van der Waals surface area contributed by atoms with Gasteiger partial charge in [0, 0.05) is 18.8 Å². The van der Waals surface area contributed by atoms with E-state index >= 15 is 0 Å². The first-order valence-electron chi connectivity index (χ1n) is 7.57. The first-order chi connectivity index (χ1) is 11.1. The molecule has 7 heteroatoms. The van der Waals surface area contributed by atoms with Crippen molar-refractivity contribution >= 4 is 29.0 Å². The number of anilines is 1. The number of hydrogen-bond donors (Lipinski definition) is 0. The minimum Gasteiger partial charge on any atom is -0.327 e. The van der Waals surface area contributed by atoms with Crippen molar-refractivity contribution in [2.75, 3.05) is 24.5 Å². The number of amides is 2. The van der Waals surface area contributed by atoms with Gasteiger partial charge < -0.3 is 9.80 Å². The average molecular weight is 330 g/mol. The second-order valence-electron chi connectivity index (χ2n) is 5.51. The van der Waals surface area contributed by atoms with Gasteiger partial charge in [0.1, 0.15) is 11.4 Å². The molecule has 2 aromatic rings. The Morgan fingerprint density at radius 1 is 1.26 bits per heavy atom. The maximum absolute atomic E-state index is 12.6. The molecule has 0 saturated carbocycles. The maximum atomic E-state index is 12.6. The molecule has 2 heterocycles. The third-order valence-corrected chi connectivity index (χ3v) is 4.69. The molecule has 3 rings (SSSR count). The van der Waals surface area contributed by atoms with Crippen LogP contribution in [0.2, 0.25) is 0 Å². The van der Waals surface area contributed by atoms with Gasteiger partial charge in [0.05, 0.1) is 5.69 Å².